The quantitative estimate of drug-likeness (QED) is 0.850. The van der Waals surface area contributed by atoms with Crippen LogP contribution in [-0.2, 0) is 0 Å². The van der Waals surface area contributed by atoms with Crippen molar-refractivity contribution in [3.63, 3.8) is 0 Å². The van der Waals surface area contributed by atoms with Crippen LogP contribution in [0.3, 0.4) is 0 Å². The zero-order valence-corrected chi connectivity index (χ0v) is 12.5. The van der Waals surface area contributed by atoms with E-state index in [2.05, 4.69) is 20.0 Å². The van der Waals surface area contributed by atoms with Crippen LogP contribution in [0.2, 0.25) is 0 Å². The SMILES string of the molecule is N#Cc1ccc(N2CCN(CC3CCCCC3)CC2)nn1. The molecule has 1 saturated heterocycles. The first-order valence-corrected chi connectivity index (χ1v) is 8.06. The first-order valence-electron chi connectivity index (χ1n) is 8.06. The molecule has 0 unspecified atom stereocenters. The molecule has 112 valence electrons. The van der Waals surface area contributed by atoms with Crippen LogP contribution in [0, 0.1) is 17.2 Å². The van der Waals surface area contributed by atoms with Crippen molar-refractivity contribution >= 4 is 5.82 Å². The lowest BCUT2D eigenvalue weighted by Crippen LogP contribution is -2.48. The number of aromatic nitrogens is 2. The molecule has 0 aromatic carbocycles. The van der Waals surface area contributed by atoms with Crippen LogP contribution in [0.4, 0.5) is 5.82 Å². The molecule has 2 heterocycles. The lowest BCUT2D eigenvalue weighted by atomic mass is 9.89. The molecule has 0 atom stereocenters. The molecule has 0 radical (unpaired) electrons. The minimum Gasteiger partial charge on any atom is -0.353 e. The molecule has 1 saturated carbocycles. The highest BCUT2D eigenvalue weighted by molar-refractivity contribution is 5.39. The highest BCUT2D eigenvalue weighted by Gasteiger charge is 2.22. The molecule has 2 aliphatic rings. The zero-order chi connectivity index (χ0) is 14.5. The summed E-state index contributed by atoms with van der Waals surface area (Å²) in [6, 6.07) is 5.66. The van der Waals surface area contributed by atoms with Crippen LogP contribution in [0.25, 0.3) is 0 Å². The summed E-state index contributed by atoms with van der Waals surface area (Å²) in [5.74, 6) is 1.81. The van der Waals surface area contributed by atoms with E-state index in [1.165, 1.54) is 38.6 Å². The van der Waals surface area contributed by atoms with Gasteiger partial charge in [0.15, 0.2) is 11.5 Å². The van der Waals surface area contributed by atoms with Gasteiger partial charge in [0.25, 0.3) is 0 Å². The minimum atomic E-state index is 0.384. The Morgan fingerprint density at radius 1 is 1.05 bits per heavy atom. The fourth-order valence-corrected chi connectivity index (χ4v) is 3.45. The van der Waals surface area contributed by atoms with E-state index in [9.17, 15) is 0 Å². The average molecular weight is 285 g/mol. The topological polar surface area (TPSA) is 56.1 Å². The lowest BCUT2D eigenvalue weighted by molar-refractivity contribution is 0.191. The van der Waals surface area contributed by atoms with Gasteiger partial charge in [-0.15, -0.1) is 10.2 Å². The summed E-state index contributed by atoms with van der Waals surface area (Å²) in [4.78, 5) is 4.87. The van der Waals surface area contributed by atoms with E-state index in [0.29, 0.717) is 5.69 Å². The van der Waals surface area contributed by atoms with Gasteiger partial charge in [-0.25, -0.2) is 0 Å². The summed E-state index contributed by atoms with van der Waals surface area (Å²) in [7, 11) is 0. The van der Waals surface area contributed by atoms with Crippen molar-refractivity contribution < 1.29 is 0 Å². The second-order valence-corrected chi connectivity index (χ2v) is 6.18. The Labute approximate surface area is 126 Å². The predicted octanol–water partition coefficient (Wildman–Crippen LogP) is 2.05. The van der Waals surface area contributed by atoms with E-state index in [1.54, 1.807) is 6.07 Å². The van der Waals surface area contributed by atoms with Gasteiger partial charge in [0.05, 0.1) is 0 Å². The van der Waals surface area contributed by atoms with Crippen molar-refractivity contribution in [2.75, 3.05) is 37.6 Å². The van der Waals surface area contributed by atoms with Gasteiger partial charge in [0, 0.05) is 32.7 Å². The summed E-state index contributed by atoms with van der Waals surface area (Å²) in [5, 5.41) is 16.8. The molecule has 5 heteroatoms. The molecule has 21 heavy (non-hydrogen) atoms. The van der Waals surface area contributed by atoms with Crippen LogP contribution < -0.4 is 4.90 Å². The summed E-state index contributed by atoms with van der Waals surface area (Å²) < 4.78 is 0. The van der Waals surface area contributed by atoms with Crippen molar-refractivity contribution in [2.45, 2.75) is 32.1 Å². The molecular formula is C16H23N5. The van der Waals surface area contributed by atoms with Gasteiger partial charge in [-0.3, -0.25) is 4.90 Å². The number of rotatable bonds is 3. The number of hydrogen-bond donors (Lipinski definition) is 0. The van der Waals surface area contributed by atoms with Gasteiger partial charge in [0.2, 0.25) is 0 Å². The van der Waals surface area contributed by atoms with Crippen LogP contribution in [-0.4, -0.2) is 47.8 Å². The smallest absolute Gasteiger partial charge is 0.163 e. The largest absolute Gasteiger partial charge is 0.353 e. The molecule has 1 aliphatic heterocycles. The number of piperazine rings is 1. The predicted molar refractivity (Wildman–Crippen MR) is 82.0 cm³/mol. The second-order valence-electron chi connectivity index (χ2n) is 6.18. The first-order chi connectivity index (χ1) is 10.3. The van der Waals surface area contributed by atoms with E-state index in [-0.39, 0.29) is 0 Å². The van der Waals surface area contributed by atoms with Crippen molar-refractivity contribution in [3.8, 4) is 6.07 Å². The van der Waals surface area contributed by atoms with E-state index >= 15 is 0 Å². The normalized spacial score (nSPS) is 21.2. The van der Waals surface area contributed by atoms with Crippen LogP contribution in [0.1, 0.15) is 37.8 Å². The van der Waals surface area contributed by atoms with E-state index in [0.717, 1.165) is 37.9 Å². The van der Waals surface area contributed by atoms with E-state index in [1.807, 2.05) is 12.1 Å². The Morgan fingerprint density at radius 2 is 1.81 bits per heavy atom. The lowest BCUT2D eigenvalue weighted by Gasteiger charge is -2.37. The highest BCUT2D eigenvalue weighted by Crippen LogP contribution is 2.25. The molecule has 2 fully saturated rings. The fraction of sp³-hybridized carbons (Fsp3) is 0.688. The zero-order valence-electron chi connectivity index (χ0n) is 12.5. The van der Waals surface area contributed by atoms with E-state index < -0.39 is 0 Å². The van der Waals surface area contributed by atoms with Crippen molar-refractivity contribution in [3.05, 3.63) is 17.8 Å². The molecule has 0 spiro atoms. The Hall–Kier alpha value is -1.67. The Kier molecular flexibility index (Phi) is 4.66. The third-order valence-electron chi connectivity index (χ3n) is 4.70. The van der Waals surface area contributed by atoms with Gasteiger partial charge in [0.1, 0.15) is 6.07 Å². The maximum absolute atomic E-state index is 8.76. The monoisotopic (exact) mass is 285 g/mol. The minimum absolute atomic E-state index is 0.384. The maximum Gasteiger partial charge on any atom is 0.163 e. The molecule has 5 nitrogen and oxygen atoms in total. The molecule has 0 amide bonds. The third kappa shape index (κ3) is 3.70. The number of hydrogen-bond acceptors (Lipinski definition) is 5. The van der Waals surface area contributed by atoms with Crippen LogP contribution >= 0.6 is 0 Å². The fourth-order valence-electron chi connectivity index (χ4n) is 3.45. The van der Waals surface area contributed by atoms with Crippen LogP contribution in [0.5, 0.6) is 0 Å². The van der Waals surface area contributed by atoms with Crippen molar-refractivity contribution in [1.29, 1.82) is 5.26 Å². The number of nitrogens with zero attached hydrogens (tertiary/aromatic N) is 5. The van der Waals surface area contributed by atoms with Gasteiger partial charge in [-0.2, -0.15) is 5.26 Å². The summed E-state index contributed by atoms with van der Waals surface area (Å²) in [6.07, 6.45) is 7.11. The Balaban J connectivity index is 1.49. The molecular weight excluding hydrogens is 262 g/mol. The third-order valence-corrected chi connectivity index (χ3v) is 4.70. The standard InChI is InChI=1S/C16H23N5/c17-12-15-6-7-16(19-18-15)21-10-8-20(9-11-21)13-14-4-2-1-3-5-14/h6-7,14H,1-5,8-11,13H2. The van der Waals surface area contributed by atoms with E-state index in [4.69, 9.17) is 5.26 Å². The van der Waals surface area contributed by atoms with Crippen molar-refractivity contribution in [2.24, 2.45) is 5.92 Å². The summed E-state index contributed by atoms with van der Waals surface area (Å²) in [5.41, 5.74) is 0.384. The summed E-state index contributed by atoms with van der Waals surface area (Å²) in [6.45, 7) is 5.50. The molecule has 1 aliphatic carbocycles. The second kappa shape index (κ2) is 6.86. The molecule has 3 rings (SSSR count). The van der Waals surface area contributed by atoms with Crippen LogP contribution in [0.15, 0.2) is 12.1 Å². The number of anilines is 1. The molecule has 1 aromatic heterocycles. The Morgan fingerprint density at radius 3 is 2.43 bits per heavy atom. The Bertz CT molecular complexity index is 478. The van der Waals surface area contributed by atoms with Gasteiger partial charge >= 0.3 is 0 Å². The summed E-state index contributed by atoms with van der Waals surface area (Å²) >= 11 is 0. The van der Waals surface area contributed by atoms with Crippen molar-refractivity contribution in [1.82, 2.24) is 15.1 Å². The average Bonchev–Trinajstić information content (AvgIpc) is 2.57. The van der Waals surface area contributed by atoms with Gasteiger partial charge < -0.3 is 4.90 Å². The first kappa shape index (κ1) is 14.3. The maximum atomic E-state index is 8.76. The van der Waals surface area contributed by atoms with Gasteiger partial charge in [-0.05, 0) is 30.9 Å². The molecule has 1 aromatic rings. The molecule has 0 bridgehead atoms. The number of nitriles is 1. The highest BCUT2D eigenvalue weighted by atomic mass is 15.3. The van der Waals surface area contributed by atoms with Gasteiger partial charge in [-0.1, -0.05) is 19.3 Å². The molecule has 0 N–H and O–H groups in total.